The van der Waals surface area contributed by atoms with E-state index in [-0.39, 0.29) is 18.1 Å². The van der Waals surface area contributed by atoms with Crippen molar-refractivity contribution in [2.24, 2.45) is 0 Å². The minimum Gasteiger partial charge on any atom is -0.481 e. The van der Waals surface area contributed by atoms with Gasteiger partial charge in [0.25, 0.3) is 5.91 Å². The summed E-state index contributed by atoms with van der Waals surface area (Å²) in [4.78, 5) is 20.4. The summed E-state index contributed by atoms with van der Waals surface area (Å²) in [5.74, 6) is 0.592. The van der Waals surface area contributed by atoms with Gasteiger partial charge in [-0.15, -0.1) is 0 Å². The number of hydrogen-bond acceptors (Lipinski definition) is 5. The number of para-hydroxylation sites is 1. The standard InChI is InChI=1S/C19H22ClN3O3/c1-13(25-16-5-3-2-4-6-16)18(24)23-15-7-9-17(10-8-15)26-19-21-11-14(20)12-22-19/h2-6,11-13,15,17H,7-10H2,1H3,(H,23,24). The molecule has 1 saturated carbocycles. The first kappa shape index (κ1) is 18.5. The molecule has 1 heterocycles. The third-order valence-electron chi connectivity index (χ3n) is 4.31. The Labute approximate surface area is 157 Å². The molecule has 1 N–H and O–H groups in total. The first-order valence-electron chi connectivity index (χ1n) is 8.76. The Balaban J connectivity index is 1.41. The van der Waals surface area contributed by atoms with Crippen LogP contribution >= 0.6 is 11.6 Å². The first-order valence-corrected chi connectivity index (χ1v) is 9.14. The molecule has 0 spiro atoms. The average molecular weight is 376 g/mol. The fraction of sp³-hybridized carbons (Fsp3) is 0.421. The Kier molecular flexibility index (Phi) is 6.28. The number of rotatable bonds is 6. The minimum atomic E-state index is -0.533. The van der Waals surface area contributed by atoms with Crippen LogP contribution in [0, 0.1) is 0 Å². The monoisotopic (exact) mass is 375 g/mol. The lowest BCUT2D eigenvalue weighted by Crippen LogP contribution is -2.45. The van der Waals surface area contributed by atoms with E-state index in [4.69, 9.17) is 21.1 Å². The van der Waals surface area contributed by atoms with Crippen LogP contribution in [0.2, 0.25) is 5.02 Å². The van der Waals surface area contributed by atoms with E-state index in [1.165, 1.54) is 12.4 Å². The lowest BCUT2D eigenvalue weighted by atomic mass is 9.93. The molecular formula is C19H22ClN3O3. The first-order chi connectivity index (χ1) is 12.6. The summed E-state index contributed by atoms with van der Waals surface area (Å²) >= 11 is 5.77. The maximum atomic E-state index is 12.3. The Hall–Kier alpha value is -2.34. The van der Waals surface area contributed by atoms with Gasteiger partial charge in [0, 0.05) is 6.04 Å². The van der Waals surface area contributed by atoms with Gasteiger partial charge in [-0.05, 0) is 44.7 Å². The van der Waals surface area contributed by atoms with E-state index in [9.17, 15) is 4.79 Å². The average Bonchev–Trinajstić information content (AvgIpc) is 2.66. The Morgan fingerprint density at radius 3 is 2.46 bits per heavy atom. The normalized spacial score (nSPS) is 20.8. The largest absolute Gasteiger partial charge is 0.481 e. The molecule has 26 heavy (non-hydrogen) atoms. The highest BCUT2D eigenvalue weighted by Gasteiger charge is 2.26. The Morgan fingerprint density at radius 2 is 1.81 bits per heavy atom. The van der Waals surface area contributed by atoms with E-state index < -0.39 is 6.10 Å². The third kappa shape index (κ3) is 5.33. The molecule has 2 aromatic rings. The van der Waals surface area contributed by atoms with Gasteiger partial charge < -0.3 is 14.8 Å². The van der Waals surface area contributed by atoms with Crippen LogP contribution in [0.1, 0.15) is 32.6 Å². The number of benzene rings is 1. The molecule has 0 saturated heterocycles. The number of carbonyl (C=O) groups is 1. The van der Waals surface area contributed by atoms with Crippen LogP contribution in [-0.4, -0.2) is 34.1 Å². The molecule has 1 aliphatic rings. The van der Waals surface area contributed by atoms with Crippen LogP contribution in [0.5, 0.6) is 11.8 Å². The van der Waals surface area contributed by atoms with Crippen molar-refractivity contribution in [3.05, 3.63) is 47.7 Å². The van der Waals surface area contributed by atoms with Crippen molar-refractivity contribution in [1.82, 2.24) is 15.3 Å². The van der Waals surface area contributed by atoms with Gasteiger partial charge in [-0.25, -0.2) is 9.97 Å². The number of carbonyl (C=O) groups excluding carboxylic acids is 1. The number of hydrogen-bond donors (Lipinski definition) is 1. The molecule has 0 aliphatic heterocycles. The summed E-state index contributed by atoms with van der Waals surface area (Å²) < 4.78 is 11.4. The fourth-order valence-electron chi connectivity index (χ4n) is 2.91. The van der Waals surface area contributed by atoms with Gasteiger partial charge >= 0.3 is 6.01 Å². The van der Waals surface area contributed by atoms with Gasteiger partial charge in [0.05, 0.1) is 17.4 Å². The molecule has 1 fully saturated rings. The van der Waals surface area contributed by atoms with Crippen LogP contribution in [0.3, 0.4) is 0 Å². The molecule has 7 heteroatoms. The molecule has 0 bridgehead atoms. The van der Waals surface area contributed by atoms with Crippen LogP contribution < -0.4 is 14.8 Å². The molecule has 1 aromatic carbocycles. The number of aromatic nitrogens is 2. The minimum absolute atomic E-state index is 0.0577. The summed E-state index contributed by atoms with van der Waals surface area (Å²) in [6, 6.07) is 9.82. The number of amides is 1. The molecule has 138 valence electrons. The van der Waals surface area contributed by atoms with Gasteiger partial charge in [-0.2, -0.15) is 0 Å². The molecule has 1 unspecified atom stereocenters. The van der Waals surface area contributed by atoms with E-state index in [2.05, 4.69) is 15.3 Å². The number of halogens is 1. The van der Waals surface area contributed by atoms with E-state index in [0.717, 1.165) is 25.7 Å². The summed E-state index contributed by atoms with van der Waals surface area (Å²) in [6.07, 6.45) is 5.93. The highest BCUT2D eigenvalue weighted by molar-refractivity contribution is 6.30. The molecule has 3 rings (SSSR count). The van der Waals surface area contributed by atoms with Crippen LogP contribution in [0.15, 0.2) is 42.7 Å². The lowest BCUT2D eigenvalue weighted by molar-refractivity contribution is -0.128. The summed E-state index contributed by atoms with van der Waals surface area (Å²) in [6.45, 7) is 1.76. The molecule has 6 nitrogen and oxygen atoms in total. The van der Waals surface area contributed by atoms with Gasteiger partial charge in [-0.3, -0.25) is 4.79 Å². The van der Waals surface area contributed by atoms with Gasteiger partial charge in [0.1, 0.15) is 11.9 Å². The maximum Gasteiger partial charge on any atom is 0.316 e. The van der Waals surface area contributed by atoms with Crippen molar-refractivity contribution in [1.29, 1.82) is 0 Å². The van der Waals surface area contributed by atoms with E-state index in [1.807, 2.05) is 30.3 Å². The summed E-state index contributed by atoms with van der Waals surface area (Å²) in [5.41, 5.74) is 0. The molecule has 0 radical (unpaired) electrons. The predicted octanol–water partition coefficient (Wildman–Crippen LogP) is 3.40. The second-order valence-electron chi connectivity index (χ2n) is 6.36. The summed E-state index contributed by atoms with van der Waals surface area (Å²) in [5, 5.41) is 3.54. The second kappa shape index (κ2) is 8.85. The lowest BCUT2D eigenvalue weighted by Gasteiger charge is -2.29. The highest BCUT2D eigenvalue weighted by atomic mass is 35.5. The van der Waals surface area contributed by atoms with Crippen LogP contribution in [0.25, 0.3) is 0 Å². The fourth-order valence-corrected chi connectivity index (χ4v) is 3.01. The zero-order valence-corrected chi connectivity index (χ0v) is 15.4. The number of ether oxygens (including phenoxy) is 2. The van der Waals surface area contributed by atoms with E-state index in [1.54, 1.807) is 6.92 Å². The van der Waals surface area contributed by atoms with Crippen molar-refractivity contribution in [3.8, 4) is 11.8 Å². The summed E-state index contributed by atoms with van der Waals surface area (Å²) in [7, 11) is 0. The number of nitrogens with zero attached hydrogens (tertiary/aromatic N) is 2. The maximum absolute atomic E-state index is 12.3. The van der Waals surface area contributed by atoms with E-state index in [0.29, 0.717) is 16.8 Å². The van der Waals surface area contributed by atoms with Gasteiger partial charge in [0.15, 0.2) is 6.10 Å². The van der Waals surface area contributed by atoms with Crippen molar-refractivity contribution >= 4 is 17.5 Å². The zero-order valence-electron chi connectivity index (χ0n) is 14.6. The quantitative estimate of drug-likeness (QED) is 0.837. The molecular weight excluding hydrogens is 354 g/mol. The molecule has 1 atom stereocenters. The third-order valence-corrected chi connectivity index (χ3v) is 4.51. The topological polar surface area (TPSA) is 73.3 Å². The second-order valence-corrected chi connectivity index (χ2v) is 6.79. The van der Waals surface area contributed by atoms with Crippen molar-refractivity contribution < 1.29 is 14.3 Å². The highest BCUT2D eigenvalue weighted by Crippen LogP contribution is 2.22. The van der Waals surface area contributed by atoms with Gasteiger partial charge in [0.2, 0.25) is 0 Å². The smallest absolute Gasteiger partial charge is 0.316 e. The molecule has 1 aromatic heterocycles. The number of nitrogens with one attached hydrogen (secondary N) is 1. The Bertz CT molecular complexity index is 704. The van der Waals surface area contributed by atoms with E-state index >= 15 is 0 Å². The Morgan fingerprint density at radius 1 is 1.15 bits per heavy atom. The SMILES string of the molecule is CC(Oc1ccccc1)C(=O)NC1CCC(Oc2ncc(Cl)cn2)CC1. The van der Waals surface area contributed by atoms with Crippen molar-refractivity contribution in [3.63, 3.8) is 0 Å². The molecule has 1 aliphatic carbocycles. The van der Waals surface area contributed by atoms with Crippen molar-refractivity contribution in [2.75, 3.05) is 0 Å². The molecule has 1 amide bonds. The van der Waals surface area contributed by atoms with Gasteiger partial charge in [-0.1, -0.05) is 29.8 Å². The van der Waals surface area contributed by atoms with Crippen LogP contribution in [0.4, 0.5) is 0 Å². The van der Waals surface area contributed by atoms with Crippen molar-refractivity contribution in [2.45, 2.75) is 50.9 Å². The zero-order chi connectivity index (χ0) is 18.4. The predicted molar refractivity (Wildman–Crippen MR) is 98.4 cm³/mol. The van der Waals surface area contributed by atoms with Crippen LogP contribution in [-0.2, 0) is 4.79 Å².